The summed E-state index contributed by atoms with van der Waals surface area (Å²) in [6, 6.07) is 20.0. The van der Waals surface area contributed by atoms with Gasteiger partial charge in [-0.3, -0.25) is 0 Å². The topological polar surface area (TPSA) is 33.1 Å². The molecule has 2 fully saturated rings. The number of benzene rings is 2. The standard InChI is InChI=1S/C23H21ClN4.ClH/c24-16-5-3-4-15(10-16)13-27-9-8-20-22(27)19-6-1-2-7-21(19)26-23(20)28-14-17-11-18(28)12-25-17;/h1-10,17-18,25H,11-14H2;1H/t17-,18-;/m1./s1. The summed E-state index contributed by atoms with van der Waals surface area (Å²) < 4.78 is 2.33. The fraction of sp³-hybridized carbons (Fsp3) is 0.261. The fourth-order valence-electron chi connectivity index (χ4n) is 4.90. The zero-order valence-electron chi connectivity index (χ0n) is 15.9. The van der Waals surface area contributed by atoms with Gasteiger partial charge in [-0.2, -0.15) is 0 Å². The van der Waals surface area contributed by atoms with Gasteiger partial charge < -0.3 is 14.8 Å². The number of para-hydroxylation sites is 1. The largest absolute Gasteiger partial charge is 0.350 e. The van der Waals surface area contributed by atoms with E-state index in [0.29, 0.717) is 12.1 Å². The molecule has 2 aliphatic heterocycles. The molecule has 0 spiro atoms. The number of hydrogen-bond donors (Lipinski definition) is 1. The molecule has 2 aromatic carbocycles. The first kappa shape index (κ1) is 18.7. The van der Waals surface area contributed by atoms with Gasteiger partial charge in [0.1, 0.15) is 5.82 Å². The van der Waals surface area contributed by atoms with Gasteiger partial charge >= 0.3 is 0 Å². The van der Waals surface area contributed by atoms with Crippen LogP contribution in [0.15, 0.2) is 60.8 Å². The zero-order chi connectivity index (χ0) is 18.7. The van der Waals surface area contributed by atoms with Crippen LogP contribution in [-0.4, -0.2) is 34.7 Å². The molecule has 6 rings (SSSR count). The zero-order valence-corrected chi connectivity index (χ0v) is 17.5. The van der Waals surface area contributed by atoms with Crippen LogP contribution in [0.2, 0.25) is 5.02 Å². The molecule has 1 N–H and O–H groups in total. The maximum absolute atomic E-state index is 6.21. The predicted octanol–water partition coefficient (Wildman–Crippen LogP) is 4.86. The fourth-order valence-corrected chi connectivity index (χ4v) is 5.11. The maximum atomic E-state index is 6.21. The summed E-state index contributed by atoms with van der Waals surface area (Å²) in [4.78, 5) is 7.62. The average Bonchev–Trinajstić information content (AvgIpc) is 3.43. The third kappa shape index (κ3) is 3.07. The Hall–Kier alpha value is -2.27. The lowest BCUT2D eigenvalue weighted by molar-refractivity contribution is 0.578. The second kappa shape index (κ2) is 7.21. The first-order valence-corrected chi connectivity index (χ1v) is 10.3. The van der Waals surface area contributed by atoms with Gasteiger partial charge in [-0.05, 0) is 36.2 Å². The SMILES string of the molecule is Cl.Clc1cccc(Cn2ccc3c(N4C[C@H]5C[C@@H]4CN5)nc4ccccc4c32)c1. The summed E-state index contributed by atoms with van der Waals surface area (Å²) >= 11 is 6.21. The minimum atomic E-state index is 0. The van der Waals surface area contributed by atoms with Crippen LogP contribution in [-0.2, 0) is 6.54 Å². The van der Waals surface area contributed by atoms with E-state index in [2.05, 4.69) is 57.4 Å². The summed E-state index contributed by atoms with van der Waals surface area (Å²) in [6.07, 6.45) is 3.41. The average molecular weight is 425 g/mol. The molecule has 0 radical (unpaired) electrons. The number of nitrogens with one attached hydrogen (secondary N) is 1. The van der Waals surface area contributed by atoms with E-state index in [1.54, 1.807) is 0 Å². The van der Waals surface area contributed by atoms with Crippen LogP contribution in [0, 0.1) is 0 Å². The van der Waals surface area contributed by atoms with Gasteiger partial charge in [0.15, 0.2) is 0 Å². The molecule has 0 saturated carbocycles. The van der Waals surface area contributed by atoms with Crippen LogP contribution in [0.1, 0.15) is 12.0 Å². The molecule has 0 unspecified atom stereocenters. The van der Waals surface area contributed by atoms with Crippen molar-refractivity contribution in [2.45, 2.75) is 25.0 Å². The molecule has 29 heavy (non-hydrogen) atoms. The molecule has 2 saturated heterocycles. The molecule has 2 aliphatic rings. The molecule has 148 valence electrons. The van der Waals surface area contributed by atoms with Gasteiger partial charge in [-0.1, -0.05) is 41.9 Å². The minimum absolute atomic E-state index is 0. The molecule has 2 atom stereocenters. The van der Waals surface area contributed by atoms with Crippen molar-refractivity contribution in [3.63, 3.8) is 0 Å². The third-order valence-electron chi connectivity index (χ3n) is 6.16. The molecular weight excluding hydrogens is 403 g/mol. The number of halogens is 2. The van der Waals surface area contributed by atoms with Crippen molar-refractivity contribution in [2.75, 3.05) is 18.0 Å². The number of piperazine rings is 1. The number of rotatable bonds is 3. The van der Waals surface area contributed by atoms with Crippen LogP contribution in [0.5, 0.6) is 0 Å². The molecule has 4 heterocycles. The third-order valence-corrected chi connectivity index (χ3v) is 6.40. The number of aromatic nitrogens is 2. The monoisotopic (exact) mass is 424 g/mol. The van der Waals surface area contributed by atoms with E-state index in [9.17, 15) is 0 Å². The second-order valence-corrected chi connectivity index (χ2v) is 8.37. The van der Waals surface area contributed by atoms with Crippen LogP contribution in [0.3, 0.4) is 0 Å². The number of fused-ring (bicyclic) bond motifs is 5. The highest BCUT2D eigenvalue weighted by Crippen LogP contribution is 2.37. The minimum Gasteiger partial charge on any atom is -0.350 e. The van der Waals surface area contributed by atoms with Crippen LogP contribution >= 0.6 is 24.0 Å². The van der Waals surface area contributed by atoms with Gasteiger partial charge in [0.25, 0.3) is 0 Å². The molecule has 6 heteroatoms. The maximum Gasteiger partial charge on any atom is 0.139 e. The predicted molar refractivity (Wildman–Crippen MR) is 123 cm³/mol. The van der Waals surface area contributed by atoms with Crippen molar-refractivity contribution >= 4 is 51.6 Å². The van der Waals surface area contributed by atoms with Gasteiger partial charge in [-0.25, -0.2) is 4.98 Å². The normalized spacial score (nSPS) is 20.5. The lowest BCUT2D eigenvalue weighted by atomic mass is 10.1. The molecule has 4 nitrogen and oxygen atoms in total. The van der Waals surface area contributed by atoms with Crippen LogP contribution in [0.25, 0.3) is 21.8 Å². The first-order valence-electron chi connectivity index (χ1n) is 9.88. The molecular formula is C23H22Cl2N4. The number of hydrogen-bond acceptors (Lipinski definition) is 3. The van der Waals surface area contributed by atoms with Crippen molar-refractivity contribution in [2.24, 2.45) is 0 Å². The number of anilines is 1. The molecule has 0 amide bonds. The first-order chi connectivity index (χ1) is 13.8. The van der Waals surface area contributed by atoms with E-state index >= 15 is 0 Å². The van der Waals surface area contributed by atoms with Crippen molar-refractivity contribution in [1.82, 2.24) is 14.9 Å². The van der Waals surface area contributed by atoms with Gasteiger partial charge in [0.05, 0.1) is 11.0 Å². The second-order valence-electron chi connectivity index (χ2n) is 7.94. The summed E-state index contributed by atoms with van der Waals surface area (Å²) in [5.74, 6) is 1.13. The van der Waals surface area contributed by atoms with Gasteiger partial charge in [0, 0.05) is 53.7 Å². The summed E-state index contributed by atoms with van der Waals surface area (Å²) in [5, 5.41) is 6.82. The lowest BCUT2D eigenvalue weighted by Crippen LogP contribution is -2.44. The van der Waals surface area contributed by atoms with Crippen molar-refractivity contribution in [3.8, 4) is 0 Å². The Balaban J connectivity index is 0.00000181. The summed E-state index contributed by atoms with van der Waals surface area (Å²) in [5.41, 5.74) is 3.53. The Morgan fingerprint density at radius 2 is 1.97 bits per heavy atom. The van der Waals surface area contributed by atoms with E-state index in [1.807, 2.05) is 18.2 Å². The highest BCUT2D eigenvalue weighted by atomic mass is 35.5. The van der Waals surface area contributed by atoms with E-state index in [-0.39, 0.29) is 12.4 Å². The Kier molecular flexibility index (Phi) is 4.66. The lowest BCUT2D eigenvalue weighted by Gasteiger charge is -2.29. The Morgan fingerprint density at radius 1 is 1.07 bits per heavy atom. The van der Waals surface area contributed by atoms with Crippen molar-refractivity contribution < 1.29 is 0 Å². The highest BCUT2D eigenvalue weighted by molar-refractivity contribution is 6.30. The van der Waals surface area contributed by atoms with Gasteiger partial charge in [0.2, 0.25) is 0 Å². The summed E-state index contributed by atoms with van der Waals surface area (Å²) in [6.45, 7) is 2.90. The molecule has 0 aliphatic carbocycles. The van der Waals surface area contributed by atoms with E-state index in [0.717, 1.165) is 36.0 Å². The molecule has 2 bridgehead atoms. The Labute approximate surface area is 180 Å². The van der Waals surface area contributed by atoms with Crippen LogP contribution < -0.4 is 10.2 Å². The van der Waals surface area contributed by atoms with E-state index < -0.39 is 0 Å². The summed E-state index contributed by atoms with van der Waals surface area (Å²) in [7, 11) is 0. The highest BCUT2D eigenvalue weighted by Gasteiger charge is 2.39. The molecule has 2 aromatic heterocycles. The van der Waals surface area contributed by atoms with Crippen molar-refractivity contribution in [1.29, 1.82) is 0 Å². The van der Waals surface area contributed by atoms with Gasteiger partial charge in [-0.15, -0.1) is 12.4 Å². The Bertz CT molecular complexity index is 1200. The van der Waals surface area contributed by atoms with Crippen molar-refractivity contribution in [3.05, 3.63) is 71.4 Å². The van der Waals surface area contributed by atoms with Crippen LogP contribution in [0.4, 0.5) is 5.82 Å². The van der Waals surface area contributed by atoms with E-state index in [1.165, 1.54) is 28.3 Å². The molecule has 4 aromatic rings. The quantitative estimate of drug-likeness (QED) is 0.509. The smallest absolute Gasteiger partial charge is 0.139 e. The number of nitrogens with zero attached hydrogens (tertiary/aromatic N) is 3. The van der Waals surface area contributed by atoms with E-state index in [4.69, 9.17) is 16.6 Å². The number of pyridine rings is 1. The Morgan fingerprint density at radius 3 is 2.76 bits per heavy atom.